The molecule has 7 heteroatoms. The van der Waals surface area contributed by atoms with Crippen LogP contribution in [0.2, 0.25) is 0 Å². The molecule has 1 amide bonds. The molecule has 0 N–H and O–H groups in total. The molecule has 7 nitrogen and oxygen atoms in total. The number of hydrogen-bond donors (Lipinski definition) is 0. The van der Waals surface area contributed by atoms with Crippen molar-refractivity contribution in [3.05, 3.63) is 35.5 Å². The van der Waals surface area contributed by atoms with Crippen LogP contribution < -0.4 is 14.4 Å². The Hall–Kier alpha value is -2.54. The highest BCUT2D eigenvalue weighted by Gasteiger charge is 2.28. The summed E-state index contributed by atoms with van der Waals surface area (Å²) in [7, 11) is 3.30. The van der Waals surface area contributed by atoms with E-state index in [1.165, 1.54) is 11.1 Å². The van der Waals surface area contributed by atoms with Gasteiger partial charge in [0.15, 0.2) is 11.5 Å². The van der Waals surface area contributed by atoms with E-state index in [9.17, 15) is 4.79 Å². The van der Waals surface area contributed by atoms with E-state index in [1.807, 2.05) is 27.8 Å². The molecule has 0 saturated carbocycles. The van der Waals surface area contributed by atoms with E-state index in [-0.39, 0.29) is 5.91 Å². The number of rotatable bonds is 4. The molecule has 4 rings (SSSR count). The minimum atomic E-state index is 0.128. The van der Waals surface area contributed by atoms with Crippen molar-refractivity contribution in [1.82, 2.24) is 14.7 Å². The van der Waals surface area contributed by atoms with Gasteiger partial charge < -0.3 is 9.47 Å². The molecule has 0 bridgehead atoms. The molecule has 2 aliphatic rings. The summed E-state index contributed by atoms with van der Waals surface area (Å²) < 4.78 is 12.7. The Morgan fingerprint density at radius 1 is 1.12 bits per heavy atom. The highest BCUT2D eigenvalue weighted by Crippen LogP contribution is 2.33. The monoisotopic (exact) mass is 342 g/mol. The van der Waals surface area contributed by atoms with Gasteiger partial charge in [-0.2, -0.15) is 5.10 Å². The fraction of sp³-hybridized carbons (Fsp3) is 0.444. The van der Waals surface area contributed by atoms with Crippen molar-refractivity contribution in [3.63, 3.8) is 0 Å². The first-order valence-electron chi connectivity index (χ1n) is 8.48. The molecule has 0 unspecified atom stereocenters. The van der Waals surface area contributed by atoms with Gasteiger partial charge in [-0.1, -0.05) is 0 Å². The number of methoxy groups -OCH3 is 2. The average Bonchev–Trinajstić information content (AvgIpc) is 3.23. The highest BCUT2D eigenvalue weighted by molar-refractivity contribution is 5.94. The van der Waals surface area contributed by atoms with Crippen LogP contribution in [0.3, 0.4) is 0 Å². The largest absolute Gasteiger partial charge is 0.493 e. The fourth-order valence-electron chi connectivity index (χ4n) is 3.64. The Kier molecular flexibility index (Phi) is 4.09. The van der Waals surface area contributed by atoms with Gasteiger partial charge in [-0.15, -0.1) is 0 Å². The van der Waals surface area contributed by atoms with Crippen molar-refractivity contribution < 1.29 is 14.3 Å². The average molecular weight is 342 g/mol. The first-order valence-corrected chi connectivity index (χ1v) is 8.48. The fourth-order valence-corrected chi connectivity index (χ4v) is 3.64. The Morgan fingerprint density at radius 2 is 1.88 bits per heavy atom. The van der Waals surface area contributed by atoms with E-state index in [0.717, 1.165) is 43.4 Å². The van der Waals surface area contributed by atoms with Crippen molar-refractivity contribution in [2.45, 2.75) is 19.5 Å². The summed E-state index contributed by atoms with van der Waals surface area (Å²) in [5.41, 5.74) is 2.46. The molecule has 1 aromatic heterocycles. The molecule has 3 heterocycles. The molecular weight excluding hydrogens is 320 g/mol. The number of anilines is 1. The van der Waals surface area contributed by atoms with Crippen molar-refractivity contribution in [1.29, 1.82) is 0 Å². The maximum Gasteiger partial charge on any atom is 0.242 e. The first-order chi connectivity index (χ1) is 12.2. The zero-order valence-electron chi connectivity index (χ0n) is 14.6. The number of amides is 1. The van der Waals surface area contributed by atoms with E-state index in [4.69, 9.17) is 9.47 Å². The Morgan fingerprint density at radius 3 is 2.64 bits per heavy atom. The van der Waals surface area contributed by atoms with Gasteiger partial charge >= 0.3 is 0 Å². The lowest BCUT2D eigenvalue weighted by molar-refractivity contribution is -0.119. The number of ether oxygens (including phenoxy) is 2. The Labute approximate surface area is 146 Å². The number of fused-ring (bicyclic) bond motifs is 2. The standard InChI is InChI=1S/C18H22N4O3/c1-24-15-9-13-4-6-20(11-14(13)10-16(15)25-2)12-18(23)21-7-8-22-17(21)3-5-19-22/h3,5,9-10H,4,6-8,11-12H2,1-2H3. The molecule has 2 aliphatic heterocycles. The predicted molar refractivity (Wildman–Crippen MR) is 93.1 cm³/mol. The maximum absolute atomic E-state index is 12.7. The summed E-state index contributed by atoms with van der Waals surface area (Å²) in [5, 5.41) is 4.22. The molecule has 0 atom stereocenters. The molecule has 132 valence electrons. The Bertz CT molecular complexity index is 802. The van der Waals surface area contributed by atoms with Crippen molar-refractivity contribution in [3.8, 4) is 11.5 Å². The molecule has 0 aliphatic carbocycles. The minimum Gasteiger partial charge on any atom is -0.493 e. The van der Waals surface area contributed by atoms with Crippen LogP contribution in [0, 0.1) is 0 Å². The maximum atomic E-state index is 12.7. The van der Waals surface area contributed by atoms with Crippen LogP contribution in [0.1, 0.15) is 11.1 Å². The summed E-state index contributed by atoms with van der Waals surface area (Å²) in [6, 6.07) is 5.97. The molecule has 0 saturated heterocycles. The van der Waals surface area contributed by atoms with Crippen LogP contribution in [0.15, 0.2) is 24.4 Å². The summed E-state index contributed by atoms with van der Waals surface area (Å²) in [6.45, 7) is 3.50. The van der Waals surface area contributed by atoms with Gasteiger partial charge in [-0.3, -0.25) is 14.6 Å². The molecule has 0 fully saturated rings. The third kappa shape index (κ3) is 2.84. The van der Waals surface area contributed by atoms with Gasteiger partial charge in [-0.25, -0.2) is 4.68 Å². The molecule has 25 heavy (non-hydrogen) atoms. The van der Waals surface area contributed by atoms with Crippen molar-refractivity contribution in [2.75, 3.05) is 38.8 Å². The quantitative estimate of drug-likeness (QED) is 0.838. The molecule has 2 aromatic rings. The second-order valence-electron chi connectivity index (χ2n) is 6.39. The van der Waals surface area contributed by atoms with E-state index >= 15 is 0 Å². The topological polar surface area (TPSA) is 59.8 Å². The SMILES string of the molecule is COc1cc2c(cc1OC)CN(CC(=O)N1CCn3nccc31)CC2. The van der Waals surface area contributed by atoms with Crippen LogP contribution in [0.5, 0.6) is 11.5 Å². The van der Waals surface area contributed by atoms with E-state index < -0.39 is 0 Å². The lowest BCUT2D eigenvalue weighted by Gasteiger charge is -2.30. The summed E-state index contributed by atoms with van der Waals surface area (Å²) in [4.78, 5) is 16.7. The van der Waals surface area contributed by atoms with Gasteiger partial charge in [-0.05, 0) is 29.7 Å². The van der Waals surface area contributed by atoms with Gasteiger partial charge in [0.1, 0.15) is 5.82 Å². The van der Waals surface area contributed by atoms with Gasteiger partial charge in [0.2, 0.25) is 5.91 Å². The second-order valence-corrected chi connectivity index (χ2v) is 6.39. The third-order valence-electron chi connectivity index (χ3n) is 4.96. The highest BCUT2D eigenvalue weighted by atomic mass is 16.5. The molecular formula is C18H22N4O3. The number of aromatic nitrogens is 2. The lowest BCUT2D eigenvalue weighted by Crippen LogP contribution is -2.41. The molecule has 0 radical (unpaired) electrons. The molecule has 0 spiro atoms. The number of nitrogens with zero attached hydrogens (tertiary/aromatic N) is 4. The van der Waals surface area contributed by atoms with Crippen molar-refractivity contribution in [2.24, 2.45) is 0 Å². The van der Waals surface area contributed by atoms with Crippen LogP contribution >= 0.6 is 0 Å². The van der Waals surface area contributed by atoms with Gasteiger partial charge in [0.05, 0.1) is 33.5 Å². The lowest BCUT2D eigenvalue weighted by atomic mass is 9.99. The van der Waals surface area contributed by atoms with Crippen molar-refractivity contribution >= 4 is 11.7 Å². The summed E-state index contributed by atoms with van der Waals surface area (Å²) in [6.07, 6.45) is 2.65. The summed E-state index contributed by atoms with van der Waals surface area (Å²) >= 11 is 0. The van der Waals surface area contributed by atoms with Crippen LogP contribution in [0.4, 0.5) is 5.82 Å². The van der Waals surface area contributed by atoms with E-state index in [1.54, 1.807) is 20.4 Å². The van der Waals surface area contributed by atoms with Crippen LogP contribution in [-0.2, 0) is 24.3 Å². The first kappa shape index (κ1) is 16.0. The smallest absolute Gasteiger partial charge is 0.242 e. The van der Waals surface area contributed by atoms with E-state index in [2.05, 4.69) is 10.00 Å². The number of carbonyl (C=O) groups is 1. The zero-order valence-corrected chi connectivity index (χ0v) is 14.6. The second kappa shape index (κ2) is 6.40. The van der Waals surface area contributed by atoms with Gasteiger partial charge in [0.25, 0.3) is 0 Å². The normalized spacial score (nSPS) is 16.5. The van der Waals surface area contributed by atoms with Crippen LogP contribution in [-0.4, -0.2) is 54.4 Å². The zero-order chi connectivity index (χ0) is 17.4. The minimum absolute atomic E-state index is 0.128. The third-order valence-corrected chi connectivity index (χ3v) is 4.96. The number of hydrogen-bond acceptors (Lipinski definition) is 5. The number of carbonyl (C=O) groups excluding carboxylic acids is 1. The Balaban J connectivity index is 1.47. The molecule has 1 aromatic carbocycles. The van der Waals surface area contributed by atoms with E-state index in [0.29, 0.717) is 13.1 Å². The number of benzene rings is 1. The summed E-state index contributed by atoms with van der Waals surface area (Å²) in [5.74, 6) is 2.52. The predicted octanol–water partition coefficient (Wildman–Crippen LogP) is 1.31. The van der Waals surface area contributed by atoms with Crippen LogP contribution in [0.25, 0.3) is 0 Å². The van der Waals surface area contributed by atoms with Gasteiger partial charge in [0, 0.05) is 25.7 Å².